The molecule has 0 bridgehead atoms. The van der Waals surface area contributed by atoms with Crippen molar-refractivity contribution in [2.75, 3.05) is 38.0 Å². The molecule has 0 unspecified atom stereocenters. The van der Waals surface area contributed by atoms with Gasteiger partial charge in [-0.3, -0.25) is 9.59 Å². The Morgan fingerprint density at radius 2 is 1.56 bits per heavy atom. The first kappa shape index (κ1) is 21.4. The predicted molar refractivity (Wildman–Crippen MR) is 111 cm³/mol. The van der Waals surface area contributed by atoms with Crippen LogP contribution in [0.25, 0.3) is 0 Å². The first-order valence-corrected chi connectivity index (χ1v) is 9.11. The van der Waals surface area contributed by atoms with E-state index in [1.54, 1.807) is 28.0 Å². The Bertz CT molecular complexity index is 794. The Hall–Kier alpha value is -1.95. The molecule has 1 saturated heterocycles. The number of carbonyl (C=O) groups excluding carboxylic acids is 2. The van der Waals surface area contributed by atoms with Gasteiger partial charge in [-0.1, -0.05) is 41.4 Å². The molecular formula is C19H20Cl3N3O2. The second kappa shape index (κ2) is 9.83. The average Bonchev–Trinajstić information content (AvgIpc) is 2.66. The smallest absolute Gasteiger partial charge is 0.255 e. The Labute approximate surface area is 174 Å². The third-order valence-electron chi connectivity index (χ3n) is 4.30. The Balaban J connectivity index is 0.00000261. The number of halogens is 3. The SMILES string of the molecule is Cl.O=C(CNc1ccccc1)N1CCN(C(=O)c2ccc(Cl)cc2Cl)CC1. The number of amides is 2. The molecule has 0 aromatic heterocycles. The van der Waals surface area contributed by atoms with Gasteiger partial charge in [0.25, 0.3) is 5.91 Å². The highest BCUT2D eigenvalue weighted by molar-refractivity contribution is 6.36. The fraction of sp³-hybridized carbons (Fsp3) is 0.263. The van der Waals surface area contributed by atoms with Crippen molar-refractivity contribution >= 4 is 53.1 Å². The van der Waals surface area contributed by atoms with Crippen LogP contribution in [-0.4, -0.2) is 54.3 Å². The second-order valence-electron chi connectivity index (χ2n) is 6.02. The summed E-state index contributed by atoms with van der Waals surface area (Å²) in [6.07, 6.45) is 0. The number of benzene rings is 2. The van der Waals surface area contributed by atoms with E-state index in [2.05, 4.69) is 5.32 Å². The van der Waals surface area contributed by atoms with Crippen LogP contribution >= 0.6 is 35.6 Å². The molecule has 144 valence electrons. The highest BCUT2D eigenvalue weighted by Crippen LogP contribution is 2.22. The van der Waals surface area contributed by atoms with Gasteiger partial charge >= 0.3 is 0 Å². The van der Waals surface area contributed by atoms with Crippen molar-refractivity contribution < 1.29 is 9.59 Å². The molecule has 0 atom stereocenters. The summed E-state index contributed by atoms with van der Waals surface area (Å²) in [5.41, 5.74) is 1.34. The molecule has 5 nitrogen and oxygen atoms in total. The van der Waals surface area contributed by atoms with Crippen molar-refractivity contribution in [2.45, 2.75) is 0 Å². The molecule has 0 spiro atoms. The van der Waals surface area contributed by atoms with Gasteiger partial charge in [-0.25, -0.2) is 0 Å². The molecule has 27 heavy (non-hydrogen) atoms. The summed E-state index contributed by atoms with van der Waals surface area (Å²) in [5, 5.41) is 3.95. The summed E-state index contributed by atoms with van der Waals surface area (Å²) < 4.78 is 0. The molecule has 0 aliphatic carbocycles. The van der Waals surface area contributed by atoms with Crippen LogP contribution in [0.1, 0.15) is 10.4 Å². The molecule has 2 amide bonds. The van der Waals surface area contributed by atoms with Crippen molar-refractivity contribution in [3.05, 3.63) is 64.1 Å². The molecule has 1 fully saturated rings. The Kier molecular flexibility index (Phi) is 7.78. The maximum absolute atomic E-state index is 12.6. The zero-order valence-corrected chi connectivity index (χ0v) is 16.9. The Morgan fingerprint density at radius 3 is 2.19 bits per heavy atom. The van der Waals surface area contributed by atoms with E-state index in [1.807, 2.05) is 30.3 Å². The first-order chi connectivity index (χ1) is 12.5. The molecule has 2 aromatic rings. The summed E-state index contributed by atoms with van der Waals surface area (Å²) in [4.78, 5) is 28.4. The van der Waals surface area contributed by atoms with Crippen molar-refractivity contribution in [1.29, 1.82) is 0 Å². The number of piperazine rings is 1. The van der Waals surface area contributed by atoms with E-state index in [4.69, 9.17) is 23.2 Å². The number of rotatable bonds is 4. The van der Waals surface area contributed by atoms with Crippen LogP contribution in [-0.2, 0) is 4.79 Å². The van der Waals surface area contributed by atoms with Gasteiger partial charge in [-0.2, -0.15) is 0 Å². The third kappa shape index (κ3) is 5.51. The number of hydrogen-bond acceptors (Lipinski definition) is 3. The summed E-state index contributed by atoms with van der Waals surface area (Å²) in [5.74, 6) is -0.119. The van der Waals surface area contributed by atoms with Gasteiger partial charge in [0, 0.05) is 36.9 Å². The van der Waals surface area contributed by atoms with Crippen molar-refractivity contribution in [3.8, 4) is 0 Å². The molecule has 3 rings (SSSR count). The summed E-state index contributed by atoms with van der Waals surface area (Å²) >= 11 is 12.0. The quantitative estimate of drug-likeness (QED) is 0.805. The summed E-state index contributed by atoms with van der Waals surface area (Å²) in [7, 11) is 0. The van der Waals surface area contributed by atoms with E-state index in [1.165, 1.54) is 0 Å². The largest absolute Gasteiger partial charge is 0.376 e. The van der Waals surface area contributed by atoms with Gasteiger partial charge in [-0.15, -0.1) is 12.4 Å². The fourth-order valence-electron chi connectivity index (χ4n) is 2.84. The lowest BCUT2D eigenvalue weighted by molar-refractivity contribution is -0.130. The molecule has 1 aliphatic heterocycles. The van der Waals surface area contributed by atoms with E-state index < -0.39 is 0 Å². The normalized spacial score (nSPS) is 13.7. The topological polar surface area (TPSA) is 52.7 Å². The van der Waals surface area contributed by atoms with Crippen molar-refractivity contribution in [1.82, 2.24) is 9.80 Å². The van der Waals surface area contributed by atoms with Gasteiger partial charge < -0.3 is 15.1 Å². The predicted octanol–water partition coefficient (Wildman–Crippen LogP) is 3.81. The maximum Gasteiger partial charge on any atom is 0.255 e. The Morgan fingerprint density at radius 1 is 0.926 bits per heavy atom. The third-order valence-corrected chi connectivity index (χ3v) is 4.85. The molecule has 2 aromatic carbocycles. The minimum atomic E-state index is -0.138. The standard InChI is InChI=1S/C19H19Cl2N3O2.ClH/c20-14-6-7-16(17(21)12-14)19(26)24-10-8-23(9-11-24)18(25)13-22-15-4-2-1-3-5-15;/h1-7,12,22H,8-11,13H2;1H. The first-order valence-electron chi connectivity index (χ1n) is 8.35. The van der Waals surface area contributed by atoms with E-state index in [0.29, 0.717) is 41.8 Å². The van der Waals surface area contributed by atoms with Crippen LogP contribution in [0.15, 0.2) is 48.5 Å². The summed E-state index contributed by atoms with van der Waals surface area (Å²) in [6, 6.07) is 14.4. The van der Waals surface area contributed by atoms with Gasteiger partial charge in [0.05, 0.1) is 17.1 Å². The lowest BCUT2D eigenvalue weighted by Gasteiger charge is -2.35. The highest BCUT2D eigenvalue weighted by atomic mass is 35.5. The molecule has 1 heterocycles. The monoisotopic (exact) mass is 427 g/mol. The van der Waals surface area contributed by atoms with Crippen LogP contribution in [0, 0.1) is 0 Å². The van der Waals surface area contributed by atoms with Crippen molar-refractivity contribution in [2.24, 2.45) is 0 Å². The molecule has 0 radical (unpaired) electrons. The average molecular weight is 429 g/mol. The lowest BCUT2D eigenvalue weighted by Crippen LogP contribution is -2.51. The number of para-hydroxylation sites is 1. The molecule has 0 saturated carbocycles. The minimum absolute atomic E-state index is 0. The maximum atomic E-state index is 12.6. The molecule has 1 aliphatic rings. The zero-order chi connectivity index (χ0) is 18.5. The number of hydrogen-bond donors (Lipinski definition) is 1. The van der Waals surface area contributed by atoms with Gasteiger partial charge in [-0.05, 0) is 30.3 Å². The fourth-order valence-corrected chi connectivity index (χ4v) is 3.33. The van der Waals surface area contributed by atoms with Gasteiger partial charge in [0.2, 0.25) is 5.91 Å². The number of anilines is 1. The number of nitrogens with one attached hydrogen (secondary N) is 1. The van der Waals surface area contributed by atoms with Crippen LogP contribution in [0.4, 0.5) is 5.69 Å². The van der Waals surface area contributed by atoms with Crippen LogP contribution < -0.4 is 5.32 Å². The minimum Gasteiger partial charge on any atom is -0.376 e. The van der Waals surface area contributed by atoms with Gasteiger partial charge in [0.1, 0.15) is 0 Å². The number of carbonyl (C=O) groups is 2. The molecule has 1 N–H and O–H groups in total. The van der Waals surface area contributed by atoms with Crippen LogP contribution in [0.2, 0.25) is 10.0 Å². The van der Waals surface area contributed by atoms with E-state index in [0.717, 1.165) is 5.69 Å². The van der Waals surface area contributed by atoms with Crippen LogP contribution in [0.5, 0.6) is 0 Å². The van der Waals surface area contributed by atoms with E-state index >= 15 is 0 Å². The van der Waals surface area contributed by atoms with Crippen LogP contribution in [0.3, 0.4) is 0 Å². The zero-order valence-electron chi connectivity index (χ0n) is 14.5. The second-order valence-corrected chi connectivity index (χ2v) is 6.86. The summed E-state index contributed by atoms with van der Waals surface area (Å²) in [6.45, 7) is 2.21. The molecule has 8 heteroatoms. The highest BCUT2D eigenvalue weighted by Gasteiger charge is 2.25. The van der Waals surface area contributed by atoms with Crippen molar-refractivity contribution in [3.63, 3.8) is 0 Å². The van der Waals surface area contributed by atoms with E-state index in [9.17, 15) is 9.59 Å². The number of nitrogens with zero attached hydrogens (tertiary/aromatic N) is 2. The van der Waals surface area contributed by atoms with E-state index in [-0.39, 0.29) is 30.8 Å². The lowest BCUT2D eigenvalue weighted by atomic mass is 10.1. The molecular weight excluding hydrogens is 409 g/mol. The van der Waals surface area contributed by atoms with Gasteiger partial charge in [0.15, 0.2) is 0 Å².